The van der Waals surface area contributed by atoms with E-state index in [1.54, 1.807) is 12.3 Å². The first-order valence-electron chi connectivity index (χ1n) is 6.74. The van der Waals surface area contributed by atoms with Gasteiger partial charge in [0, 0.05) is 29.2 Å². The number of aromatic amines is 2. The summed E-state index contributed by atoms with van der Waals surface area (Å²) in [5.41, 5.74) is 1.36. The van der Waals surface area contributed by atoms with E-state index in [1.165, 1.54) is 12.1 Å². The van der Waals surface area contributed by atoms with Gasteiger partial charge in [0.25, 0.3) is 0 Å². The van der Waals surface area contributed by atoms with Crippen LogP contribution in [0.15, 0.2) is 76.4 Å². The lowest BCUT2D eigenvalue weighted by molar-refractivity contribution is 1.23. The second kappa shape index (κ2) is 6.05. The Labute approximate surface area is 125 Å². The van der Waals surface area contributed by atoms with Crippen LogP contribution in [-0.4, -0.2) is 15.0 Å². The van der Waals surface area contributed by atoms with Crippen molar-refractivity contribution in [2.24, 2.45) is 0 Å². The lowest BCUT2D eigenvalue weighted by Gasteiger charge is -1.93. The minimum Gasteiger partial charge on any atom is -0.322 e. The number of nitrogens with one attached hydrogen (secondary N) is 2. The molecule has 4 aromatic rings. The number of rotatable bonds is 0. The molecule has 4 rings (SSSR count). The predicted molar refractivity (Wildman–Crippen MR) is 86.9 cm³/mol. The van der Waals surface area contributed by atoms with E-state index in [0.717, 1.165) is 16.3 Å². The quantitative estimate of drug-likeness (QED) is 0.522. The van der Waals surface area contributed by atoms with Crippen LogP contribution in [0, 0.1) is 0 Å². The van der Waals surface area contributed by atoms with Crippen LogP contribution in [0.5, 0.6) is 0 Å². The van der Waals surface area contributed by atoms with Crippen LogP contribution in [0.2, 0.25) is 0 Å². The Kier molecular flexibility index (Phi) is 3.78. The number of hydrogen-bond acceptors (Lipinski definition) is 3. The zero-order valence-electron chi connectivity index (χ0n) is 11.6. The van der Waals surface area contributed by atoms with Crippen LogP contribution in [0.3, 0.4) is 0 Å². The number of hydrogen-bond donors (Lipinski definition) is 2. The molecule has 0 fully saturated rings. The van der Waals surface area contributed by atoms with Crippen molar-refractivity contribution in [3.05, 3.63) is 87.6 Å². The van der Waals surface area contributed by atoms with E-state index in [4.69, 9.17) is 0 Å². The Morgan fingerprint density at radius 3 is 2.23 bits per heavy atom. The highest BCUT2D eigenvalue weighted by Crippen LogP contribution is 2.06. The smallest absolute Gasteiger partial charge is 0.249 e. The van der Waals surface area contributed by atoms with Crippen LogP contribution in [0.25, 0.3) is 21.9 Å². The number of aromatic nitrogens is 3. The van der Waals surface area contributed by atoms with Gasteiger partial charge in [0.05, 0.1) is 0 Å². The Bertz CT molecular complexity index is 949. The summed E-state index contributed by atoms with van der Waals surface area (Å²) in [6.07, 6.45) is 1.65. The fraction of sp³-hybridized carbons (Fsp3) is 0. The fourth-order valence-electron chi connectivity index (χ4n) is 2.08. The summed E-state index contributed by atoms with van der Waals surface area (Å²) in [6.45, 7) is 0. The fourth-order valence-corrected chi connectivity index (χ4v) is 2.08. The Morgan fingerprint density at radius 2 is 1.36 bits per heavy atom. The minimum absolute atomic E-state index is 0.0521. The first-order chi connectivity index (χ1) is 10.7. The third-order valence-electron chi connectivity index (χ3n) is 3.13. The Morgan fingerprint density at radius 1 is 0.682 bits per heavy atom. The molecule has 0 saturated carbocycles. The second-order valence-corrected chi connectivity index (χ2v) is 4.67. The molecule has 3 aromatic heterocycles. The Balaban J connectivity index is 0.000000131. The third-order valence-corrected chi connectivity index (χ3v) is 3.13. The van der Waals surface area contributed by atoms with Gasteiger partial charge in [-0.25, -0.2) is 4.98 Å². The van der Waals surface area contributed by atoms with Crippen LogP contribution in [0.4, 0.5) is 0 Å². The third kappa shape index (κ3) is 3.09. The average Bonchev–Trinajstić information content (AvgIpc) is 2.55. The van der Waals surface area contributed by atoms with Crippen molar-refractivity contribution in [2.45, 2.75) is 0 Å². The number of benzene rings is 1. The first kappa shape index (κ1) is 13.8. The topological polar surface area (TPSA) is 78.6 Å². The van der Waals surface area contributed by atoms with Gasteiger partial charge < -0.3 is 9.97 Å². The maximum absolute atomic E-state index is 10.8. The number of para-hydroxylation sites is 1. The van der Waals surface area contributed by atoms with E-state index < -0.39 is 0 Å². The summed E-state index contributed by atoms with van der Waals surface area (Å²) in [4.78, 5) is 31.0. The highest BCUT2D eigenvalue weighted by molar-refractivity contribution is 5.77. The van der Waals surface area contributed by atoms with Gasteiger partial charge in [-0.3, -0.25) is 9.59 Å². The van der Waals surface area contributed by atoms with E-state index >= 15 is 0 Å². The molecule has 0 atom stereocenters. The maximum atomic E-state index is 10.8. The molecule has 0 unspecified atom stereocenters. The normalized spacial score (nSPS) is 10.2. The second-order valence-electron chi connectivity index (χ2n) is 4.67. The van der Waals surface area contributed by atoms with Gasteiger partial charge in [-0.1, -0.05) is 18.2 Å². The van der Waals surface area contributed by atoms with E-state index in [9.17, 15) is 9.59 Å². The van der Waals surface area contributed by atoms with Crippen LogP contribution in [-0.2, 0) is 0 Å². The number of nitrogens with zero attached hydrogens (tertiary/aromatic N) is 1. The highest BCUT2D eigenvalue weighted by atomic mass is 16.1. The molecule has 0 saturated heterocycles. The molecule has 3 heterocycles. The summed E-state index contributed by atoms with van der Waals surface area (Å²) >= 11 is 0. The standard InChI is InChI=1S/C9H7NO.C8H6N2O/c11-9-6-5-7-3-1-2-4-8(7)10-9;11-7-4-3-6-2-1-5-9-8(6)10-7/h1-6H,(H,10,11);1-5H,(H,9,10,11). The summed E-state index contributed by atoms with van der Waals surface area (Å²) in [6, 6.07) is 18.0. The van der Waals surface area contributed by atoms with Crippen LogP contribution >= 0.6 is 0 Å². The molecule has 5 nitrogen and oxygen atoms in total. The largest absolute Gasteiger partial charge is 0.322 e. The number of H-pyrrole nitrogens is 2. The van der Waals surface area contributed by atoms with E-state index in [1.807, 2.05) is 42.5 Å². The van der Waals surface area contributed by atoms with Crippen molar-refractivity contribution in [2.75, 3.05) is 0 Å². The van der Waals surface area contributed by atoms with Gasteiger partial charge in [0.15, 0.2) is 0 Å². The Hall–Kier alpha value is -3.21. The average molecular weight is 291 g/mol. The van der Waals surface area contributed by atoms with Crippen LogP contribution < -0.4 is 11.1 Å². The van der Waals surface area contributed by atoms with Crippen molar-refractivity contribution in [1.82, 2.24) is 15.0 Å². The molecule has 0 aliphatic heterocycles. The zero-order chi connectivity index (χ0) is 15.4. The van der Waals surface area contributed by atoms with Gasteiger partial charge in [-0.05, 0) is 35.7 Å². The number of pyridine rings is 3. The van der Waals surface area contributed by atoms with Gasteiger partial charge >= 0.3 is 0 Å². The molecule has 0 amide bonds. The van der Waals surface area contributed by atoms with Crippen molar-refractivity contribution in [3.8, 4) is 0 Å². The molecule has 2 N–H and O–H groups in total. The molecule has 108 valence electrons. The number of fused-ring (bicyclic) bond motifs is 2. The summed E-state index contributed by atoms with van der Waals surface area (Å²) in [7, 11) is 0. The van der Waals surface area contributed by atoms with Crippen molar-refractivity contribution in [3.63, 3.8) is 0 Å². The molecule has 22 heavy (non-hydrogen) atoms. The minimum atomic E-state index is -0.115. The summed E-state index contributed by atoms with van der Waals surface area (Å²) < 4.78 is 0. The highest BCUT2D eigenvalue weighted by Gasteiger charge is 1.91. The molecular weight excluding hydrogens is 278 g/mol. The molecular formula is C17H13N3O2. The van der Waals surface area contributed by atoms with E-state index in [2.05, 4.69) is 15.0 Å². The lowest BCUT2D eigenvalue weighted by atomic mass is 10.2. The van der Waals surface area contributed by atoms with Gasteiger partial charge in [-0.2, -0.15) is 0 Å². The van der Waals surface area contributed by atoms with Crippen molar-refractivity contribution >= 4 is 21.9 Å². The molecule has 0 spiro atoms. The predicted octanol–water partition coefficient (Wildman–Crippen LogP) is 2.45. The van der Waals surface area contributed by atoms with Gasteiger partial charge in [0.1, 0.15) is 5.65 Å². The molecule has 1 aromatic carbocycles. The monoisotopic (exact) mass is 291 g/mol. The summed E-state index contributed by atoms with van der Waals surface area (Å²) in [5, 5.41) is 2.01. The van der Waals surface area contributed by atoms with Gasteiger partial charge in [0.2, 0.25) is 11.1 Å². The molecule has 0 aliphatic carbocycles. The van der Waals surface area contributed by atoms with Crippen molar-refractivity contribution in [1.29, 1.82) is 0 Å². The van der Waals surface area contributed by atoms with Gasteiger partial charge in [-0.15, -0.1) is 0 Å². The molecule has 5 heteroatoms. The zero-order valence-corrected chi connectivity index (χ0v) is 11.6. The van der Waals surface area contributed by atoms with E-state index in [0.29, 0.717) is 5.65 Å². The SMILES string of the molecule is O=c1ccc2ccccc2[nH]1.O=c1ccc2cccnc2[nH]1. The molecule has 0 radical (unpaired) electrons. The van der Waals surface area contributed by atoms with Crippen LogP contribution in [0.1, 0.15) is 0 Å². The first-order valence-corrected chi connectivity index (χ1v) is 6.74. The van der Waals surface area contributed by atoms with E-state index in [-0.39, 0.29) is 11.1 Å². The summed E-state index contributed by atoms with van der Waals surface area (Å²) in [5.74, 6) is 0. The lowest BCUT2D eigenvalue weighted by Crippen LogP contribution is -2.02. The van der Waals surface area contributed by atoms with Crippen molar-refractivity contribution < 1.29 is 0 Å². The maximum Gasteiger partial charge on any atom is 0.249 e. The molecule has 0 aliphatic rings. The molecule has 0 bridgehead atoms.